The van der Waals surface area contributed by atoms with E-state index in [1.807, 2.05) is 36.7 Å². The van der Waals surface area contributed by atoms with Gasteiger partial charge in [-0.2, -0.15) is 4.68 Å². The first-order chi connectivity index (χ1) is 14.3. The van der Waals surface area contributed by atoms with Crippen LogP contribution in [0, 0.1) is 5.92 Å². The van der Waals surface area contributed by atoms with E-state index in [0.29, 0.717) is 11.4 Å². The Morgan fingerprint density at radius 3 is 2.69 bits per heavy atom. The van der Waals surface area contributed by atoms with E-state index < -0.39 is 0 Å². The van der Waals surface area contributed by atoms with Crippen LogP contribution in [0.2, 0.25) is 0 Å². The van der Waals surface area contributed by atoms with E-state index in [4.69, 9.17) is 9.72 Å². The van der Waals surface area contributed by atoms with Crippen LogP contribution in [-0.4, -0.2) is 50.1 Å². The minimum Gasteiger partial charge on any atom is -0.497 e. The minimum atomic E-state index is 0.519. The molecule has 4 heterocycles. The molecule has 0 saturated carbocycles. The molecule has 0 spiro atoms. The number of aromatic nitrogens is 6. The third kappa shape index (κ3) is 3.49. The van der Waals surface area contributed by atoms with Crippen LogP contribution in [0.5, 0.6) is 5.75 Å². The molecule has 5 rings (SSSR count). The summed E-state index contributed by atoms with van der Waals surface area (Å²) in [5.41, 5.74) is 3.53. The van der Waals surface area contributed by atoms with Gasteiger partial charge >= 0.3 is 0 Å². The van der Waals surface area contributed by atoms with Crippen molar-refractivity contribution in [3.63, 3.8) is 0 Å². The lowest BCUT2D eigenvalue weighted by Gasteiger charge is -2.18. The van der Waals surface area contributed by atoms with E-state index in [1.165, 1.54) is 5.69 Å². The summed E-state index contributed by atoms with van der Waals surface area (Å²) in [4.78, 5) is 15.8. The third-order valence-electron chi connectivity index (χ3n) is 5.34. The summed E-state index contributed by atoms with van der Waals surface area (Å²) in [5.74, 6) is 2.15. The topological polar surface area (TPSA) is 81.9 Å². The molecular weight excluding hydrogens is 366 g/mol. The molecule has 0 radical (unpaired) electrons. The van der Waals surface area contributed by atoms with Crippen molar-refractivity contribution in [3.05, 3.63) is 60.8 Å². The summed E-state index contributed by atoms with van der Waals surface area (Å²) >= 11 is 0. The molecule has 1 saturated heterocycles. The van der Waals surface area contributed by atoms with Crippen LogP contribution in [0.1, 0.15) is 12.2 Å². The van der Waals surface area contributed by atoms with Gasteiger partial charge in [-0.15, -0.1) is 5.10 Å². The Labute approximate surface area is 168 Å². The zero-order chi connectivity index (χ0) is 19.6. The molecule has 1 aliphatic heterocycles. The first-order valence-corrected chi connectivity index (χ1v) is 9.67. The van der Waals surface area contributed by atoms with Gasteiger partial charge in [0.25, 0.3) is 0 Å². The standard InChI is InChI=1S/C21H21N7O/c1-29-18-4-2-17(3-5-18)28-21-19(25-26-28)13-23-20(24-21)12-15-8-11-27(14-15)16-6-9-22-10-7-16/h2-7,9-10,13,15H,8,11-12,14H2,1H3/t15-/m0/s1. The second-order valence-electron chi connectivity index (χ2n) is 7.20. The number of hydrogen-bond donors (Lipinski definition) is 0. The van der Waals surface area contributed by atoms with Crippen molar-refractivity contribution in [3.8, 4) is 11.4 Å². The second-order valence-corrected chi connectivity index (χ2v) is 7.20. The molecule has 1 aromatic carbocycles. The third-order valence-corrected chi connectivity index (χ3v) is 5.34. The molecule has 0 N–H and O–H groups in total. The molecular formula is C21H21N7O. The Morgan fingerprint density at radius 2 is 1.90 bits per heavy atom. The molecule has 0 unspecified atom stereocenters. The molecule has 8 nitrogen and oxygen atoms in total. The molecule has 146 valence electrons. The second kappa shape index (κ2) is 7.46. The van der Waals surface area contributed by atoms with Crippen molar-refractivity contribution in [2.45, 2.75) is 12.8 Å². The lowest BCUT2D eigenvalue weighted by molar-refractivity contribution is 0.414. The number of ether oxygens (including phenoxy) is 1. The fourth-order valence-corrected chi connectivity index (χ4v) is 3.81. The monoisotopic (exact) mass is 387 g/mol. The van der Waals surface area contributed by atoms with E-state index in [0.717, 1.165) is 48.8 Å². The van der Waals surface area contributed by atoms with Gasteiger partial charge in [-0.05, 0) is 48.7 Å². The quantitative estimate of drug-likeness (QED) is 0.521. The van der Waals surface area contributed by atoms with Crippen molar-refractivity contribution in [1.82, 2.24) is 29.9 Å². The van der Waals surface area contributed by atoms with Gasteiger partial charge < -0.3 is 9.64 Å². The predicted octanol–water partition coefficient (Wildman–Crippen LogP) is 2.68. The van der Waals surface area contributed by atoms with Crippen LogP contribution in [-0.2, 0) is 6.42 Å². The Hall–Kier alpha value is -3.55. The maximum absolute atomic E-state index is 5.23. The van der Waals surface area contributed by atoms with Crippen LogP contribution >= 0.6 is 0 Å². The van der Waals surface area contributed by atoms with Crippen molar-refractivity contribution in [2.75, 3.05) is 25.1 Å². The lowest BCUT2D eigenvalue weighted by atomic mass is 10.0. The first kappa shape index (κ1) is 17.5. The van der Waals surface area contributed by atoms with Gasteiger partial charge in [0.15, 0.2) is 11.2 Å². The highest BCUT2D eigenvalue weighted by molar-refractivity contribution is 5.70. The Morgan fingerprint density at radius 1 is 1.07 bits per heavy atom. The number of fused-ring (bicyclic) bond motifs is 1. The summed E-state index contributed by atoms with van der Waals surface area (Å²) in [6, 6.07) is 11.8. The van der Waals surface area contributed by atoms with E-state index in [9.17, 15) is 0 Å². The highest BCUT2D eigenvalue weighted by Gasteiger charge is 2.24. The molecule has 4 aromatic rings. The number of nitrogens with zero attached hydrogens (tertiary/aromatic N) is 7. The highest BCUT2D eigenvalue weighted by Crippen LogP contribution is 2.25. The van der Waals surface area contributed by atoms with Crippen LogP contribution in [0.3, 0.4) is 0 Å². The molecule has 0 amide bonds. The van der Waals surface area contributed by atoms with Crippen molar-refractivity contribution in [1.29, 1.82) is 0 Å². The first-order valence-electron chi connectivity index (χ1n) is 9.67. The smallest absolute Gasteiger partial charge is 0.187 e. The number of methoxy groups -OCH3 is 1. The van der Waals surface area contributed by atoms with Crippen molar-refractivity contribution >= 4 is 16.9 Å². The molecule has 3 aromatic heterocycles. The summed E-state index contributed by atoms with van der Waals surface area (Å²) in [5, 5.41) is 8.46. The minimum absolute atomic E-state index is 0.519. The highest BCUT2D eigenvalue weighted by atomic mass is 16.5. The lowest BCUT2D eigenvalue weighted by Crippen LogP contribution is -2.20. The number of pyridine rings is 1. The van der Waals surface area contributed by atoms with E-state index in [-0.39, 0.29) is 0 Å². The number of hydrogen-bond acceptors (Lipinski definition) is 7. The van der Waals surface area contributed by atoms with Gasteiger partial charge in [-0.3, -0.25) is 4.98 Å². The van der Waals surface area contributed by atoms with Crippen LogP contribution in [0.4, 0.5) is 5.69 Å². The Bertz CT molecular complexity index is 1110. The van der Waals surface area contributed by atoms with Gasteiger partial charge in [0, 0.05) is 37.6 Å². The number of anilines is 1. The normalized spacial score (nSPS) is 16.4. The average Bonchev–Trinajstić information content (AvgIpc) is 3.41. The molecule has 8 heteroatoms. The Kier molecular flexibility index (Phi) is 4.51. The largest absolute Gasteiger partial charge is 0.497 e. The average molecular weight is 387 g/mol. The van der Waals surface area contributed by atoms with Gasteiger partial charge in [-0.1, -0.05) is 5.21 Å². The molecule has 0 bridgehead atoms. The van der Waals surface area contributed by atoms with Crippen molar-refractivity contribution < 1.29 is 4.74 Å². The van der Waals surface area contributed by atoms with Crippen LogP contribution in [0.15, 0.2) is 55.0 Å². The SMILES string of the molecule is COc1ccc(-n2nnc3cnc(C[C@@H]4CCN(c5ccncc5)C4)nc32)cc1. The fraction of sp³-hybridized carbons (Fsp3) is 0.286. The van der Waals surface area contributed by atoms with Gasteiger partial charge in [0.05, 0.1) is 19.0 Å². The molecule has 29 heavy (non-hydrogen) atoms. The zero-order valence-electron chi connectivity index (χ0n) is 16.1. The summed E-state index contributed by atoms with van der Waals surface area (Å²) in [6.07, 6.45) is 7.41. The van der Waals surface area contributed by atoms with Crippen LogP contribution < -0.4 is 9.64 Å². The zero-order valence-corrected chi connectivity index (χ0v) is 16.1. The van der Waals surface area contributed by atoms with Gasteiger partial charge in [0.2, 0.25) is 0 Å². The molecule has 1 fully saturated rings. The summed E-state index contributed by atoms with van der Waals surface area (Å²) < 4.78 is 6.98. The predicted molar refractivity (Wildman–Crippen MR) is 109 cm³/mol. The van der Waals surface area contributed by atoms with Crippen molar-refractivity contribution in [2.24, 2.45) is 5.92 Å². The van der Waals surface area contributed by atoms with Gasteiger partial charge in [0.1, 0.15) is 11.6 Å². The van der Waals surface area contributed by atoms with Crippen LogP contribution in [0.25, 0.3) is 16.9 Å². The maximum Gasteiger partial charge on any atom is 0.187 e. The fourth-order valence-electron chi connectivity index (χ4n) is 3.81. The van der Waals surface area contributed by atoms with E-state index >= 15 is 0 Å². The van der Waals surface area contributed by atoms with Gasteiger partial charge in [-0.25, -0.2) is 9.97 Å². The molecule has 1 atom stereocenters. The Balaban J connectivity index is 1.36. The summed E-state index contributed by atoms with van der Waals surface area (Å²) in [6.45, 7) is 2.05. The maximum atomic E-state index is 5.23. The van der Waals surface area contributed by atoms with E-state index in [2.05, 4.69) is 37.3 Å². The number of benzene rings is 1. The number of rotatable bonds is 5. The summed E-state index contributed by atoms with van der Waals surface area (Å²) in [7, 11) is 1.65. The molecule has 0 aliphatic carbocycles. The van der Waals surface area contributed by atoms with E-state index in [1.54, 1.807) is 18.0 Å². The molecule has 1 aliphatic rings.